The molecule has 0 aliphatic carbocycles. The van der Waals surface area contributed by atoms with Crippen LogP contribution in [0.3, 0.4) is 0 Å². The Kier molecular flexibility index (Phi) is 7.27. The lowest BCUT2D eigenvalue weighted by atomic mass is 9.96. The number of ether oxygens (including phenoxy) is 2. The number of anilines is 2. The van der Waals surface area contributed by atoms with Crippen LogP contribution in [0.15, 0.2) is 54.7 Å². The van der Waals surface area contributed by atoms with Crippen LogP contribution in [-0.2, 0) is 10.9 Å². The van der Waals surface area contributed by atoms with E-state index in [0.29, 0.717) is 68.7 Å². The van der Waals surface area contributed by atoms with Crippen molar-refractivity contribution in [3.05, 3.63) is 82.5 Å². The number of benzene rings is 3. The van der Waals surface area contributed by atoms with E-state index in [2.05, 4.69) is 10.4 Å². The first-order valence-electron chi connectivity index (χ1n) is 12.9. The third-order valence-corrected chi connectivity index (χ3v) is 7.40. The molecule has 6 rings (SSSR count). The molecule has 0 spiro atoms. The topological polar surface area (TPSA) is 66.9 Å². The number of pyridine rings is 1. The summed E-state index contributed by atoms with van der Waals surface area (Å²) in [6, 6.07) is 10.5. The van der Waals surface area contributed by atoms with E-state index in [4.69, 9.17) is 21.1 Å². The van der Waals surface area contributed by atoms with Gasteiger partial charge >= 0.3 is 6.18 Å². The Balaban J connectivity index is 1.51. The van der Waals surface area contributed by atoms with Crippen LogP contribution in [0, 0.1) is 11.6 Å². The minimum absolute atomic E-state index is 0.126. The number of para-hydroxylation sites is 2. The summed E-state index contributed by atoms with van der Waals surface area (Å²) < 4.78 is 82.4. The molecule has 1 N–H and O–H groups in total. The van der Waals surface area contributed by atoms with Crippen LogP contribution in [0.4, 0.5) is 33.3 Å². The number of hydrazine groups is 1. The molecular formula is C29H22ClF5N4O3. The molecule has 13 heteroatoms. The number of rotatable bonds is 4. The minimum atomic E-state index is -4.86. The monoisotopic (exact) mass is 604 g/mol. The maximum atomic E-state index is 15.4. The second-order valence-corrected chi connectivity index (χ2v) is 10.1. The van der Waals surface area contributed by atoms with Gasteiger partial charge in [0.05, 0.1) is 52.8 Å². The number of hydrogen-bond acceptors (Lipinski definition) is 6. The standard InChI is InChI=1S/C29H22ClF5N4O3/c30-20-14-16(29(33,34)35)13-18(25(20)32)24-21(31)6-5-17-26(24)36-15-19(27(17)38-7-10-41-11-8-38)28(40)37-39-9-12-42-23-4-2-1-3-22(23)39/h1-6,13-15H,7-12H2,(H,37,40). The second-order valence-electron chi connectivity index (χ2n) is 9.66. The fourth-order valence-corrected chi connectivity index (χ4v) is 5.40. The summed E-state index contributed by atoms with van der Waals surface area (Å²) in [5.41, 5.74) is 1.46. The summed E-state index contributed by atoms with van der Waals surface area (Å²) in [4.78, 5) is 19.9. The van der Waals surface area contributed by atoms with E-state index < -0.39 is 45.4 Å². The Labute approximate surface area is 241 Å². The molecule has 4 aromatic rings. The van der Waals surface area contributed by atoms with Gasteiger partial charge in [-0.15, -0.1) is 0 Å². The lowest BCUT2D eigenvalue weighted by Crippen LogP contribution is -2.47. The number of carbonyl (C=O) groups excluding carboxylic acids is 1. The molecule has 42 heavy (non-hydrogen) atoms. The Morgan fingerprint density at radius 3 is 2.52 bits per heavy atom. The van der Waals surface area contributed by atoms with Crippen molar-refractivity contribution in [2.45, 2.75) is 6.18 Å². The number of hydrogen-bond donors (Lipinski definition) is 1. The lowest BCUT2D eigenvalue weighted by Gasteiger charge is -2.33. The van der Waals surface area contributed by atoms with Gasteiger partial charge in [0.15, 0.2) is 0 Å². The summed E-state index contributed by atoms with van der Waals surface area (Å²) in [5, 5.41) is 1.08. The number of amides is 1. The zero-order chi connectivity index (χ0) is 29.6. The van der Waals surface area contributed by atoms with Crippen LogP contribution in [-0.4, -0.2) is 50.3 Å². The molecule has 1 aromatic heterocycles. The fraction of sp³-hybridized carbons (Fsp3) is 0.241. The number of nitrogens with one attached hydrogen (secondary N) is 1. The molecule has 0 saturated carbocycles. The molecule has 1 amide bonds. The highest BCUT2D eigenvalue weighted by molar-refractivity contribution is 6.31. The summed E-state index contributed by atoms with van der Waals surface area (Å²) in [5.74, 6) is -2.16. The largest absolute Gasteiger partial charge is 0.489 e. The highest BCUT2D eigenvalue weighted by Crippen LogP contribution is 2.42. The van der Waals surface area contributed by atoms with Crippen molar-refractivity contribution in [3.63, 3.8) is 0 Å². The first-order valence-corrected chi connectivity index (χ1v) is 13.3. The smallest absolute Gasteiger partial charge is 0.416 e. The van der Waals surface area contributed by atoms with Gasteiger partial charge in [0.25, 0.3) is 5.91 Å². The molecule has 0 atom stereocenters. The molecule has 1 saturated heterocycles. The molecule has 0 radical (unpaired) electrons. The number of aromatic nitrogens is 1. The summed E-state index contributed by atoms with van der Waals surface area (Å²) in [7, 11) is 0. The number of morpholine rings is 1. The molecule has 0 unspecified atom stereocenters. The molecule has 1 fully saturated rings. The van der Waals surface area contributed by atoms with E-state index in [9.17, 15) is 18.0 Å². The maximum absolute atomic E-state index is 15.4. The van der Waals surface area contributed by atoms with Gasteiger partial charge in [-0.05, 0) is 36.4 Å². The zero-order valence-corrected chi connectivity index (χ0v) is 22.5. The van der Waals surface area contributed by atoms with Gasteiger partial charge in [-0.1, -0.05) is 23.7 Å². The van der Waals surface area contributed by atoms with Crippen molar-refractivity contribution in [2.75, 3.05) is 49.4 Å². The third kappa shape index (κ3) is 5.05. The van der Waals surface area contributed by atoms with Gasteiger partial charge < -0.3 is 14.4 Å². The van der Waals surface area contributed by atoms with Crippen LogP contribution < -0.4 is 20.1 Å². The molecule has 0 bridgehead atoms. The lowest BCUT2D eigenvalue weighted by molar-refractivity contribution is -0.137. The van der Waals surface area contributed by atoms with Crippen LogP contribution >= 0.6 is 11.6 Å². The number of alkyl halides is 3. The predicted octanol–water partition coefficient (Wildman–Crippen LogP) is 6.23. The average Bonchev–Trinajstić information content (AvgIpc) is 2.98. The zero-order valence-electron chi connectivity index (χ0n) is 21.8. The number of nitrogens with zero attached hydrogens (tertiary/aromatic N) is 3. The van der Waals surface area contributed by atoms with Crippen molar-refractivity contribution in [1.82, 2.24) is 10.4 Å². The molecule has 3 aromatic carbocycles. The van der Waals surface area contributed by atoms with Gasteiger partial charge in [0.1, 0.15) is 24.0 Å². The molecule has 2 aliphatic rings. The van der Waals surface area contributed by atoms with E-state index in [0.717, 1.165) is 6.07 Å². The average molecular weight is 605 g/mol. The normalized spacial score (nSPS) is 15.4. The molecular weight excluding hydrogens is 583 g/mol. The summed E-state index contributed by atoms with van der Waals surface area (Å²) >= 11 is 5.82. The quantitative estimate of drug-likeness (QED) is 0.279. The van der Waals surface area contributed by atoms with E-state index >= 15 is 8.78 Å². The van der Waals surface area contributed by atoms with Crippen molar-refractivity contribution in [2.24, 2.45) is 0 Å². The van der Waals surface area contributed by atoms with Gasteiger partial charge in [0.2, 0.25) is 0 Å². The Hall–Kier alpha value is -4.16. The predicted molar refractivity (Wildman–Crippen MR) is 147 cm³/mol. The van der Waals surface area contributed by atoms with E-state index in [1.165, 1.54) is 12.3 Å². The first kappa shape index (κ1) is 28.0. The Morgan fingerprint density at radius 2 is 1.76 bits per heavy atom. The summed E-state index contributed by atoms with van der Waals surface area (Å²) in [6.07, 6.45) is -3.65. The van der Waals surface area contributed by atoms with E-state index in [-0.39, 0.29) is 16.5 Å². The first-order chi connectivity index (χ1) is 20.1. The van der Waals surface area contributed by atoms with Crippen molar-refractivity contribution in [1.29, 1.82) is 0 Å². The van der Waals surface area contributed by atoms with Gasteiger partial charge in [-0.2, -0.15) is 13.2 Å². The molecule has 2 aliphatic heterocycles. The Morgan fingerprint density at radius 1 is 1.00 bits per heavy atom. The fourth-order valence-electron chi connectivity index (χ4n) is 5.18. The third-order valence-electron chi connectivity index (χ3n) is 7.12. The van der Waals surface area contributed by atoms with Crippen molar-refractivity contribution < 1.29 is 36.2 Å². The van der Waals surface area contributed by atoms with Gasteiger partial charge in [-0.3, -0.25) is 20.2 Å². The second kappa shape index (κ2) is 10.9. The van der Waals surface area contributed by atoms with Crippen molar-refractivity contribution in [3.8, 4) is 16.9 Å². The number of fused-ring (bicyclic) bond motifs is 2. The molecule has 3 heterocycles. The minimum Gasteiger partial charge on any atom is -0.489 e. The van der Waals surface area contributed by atoms with Crippen LogP contribution in [0.5, 0.6) is 5.75 Å². The molecule has 7 nitrogen and oxygen atoms in total. The van der Waals surface area contributed by atoms with Crippen molar-refractivity contribution >= 4 is 39.8 Å². The summed E-state index contributed by atoms with van der Waals surface area (Å²) in [6.45, 7) is 2.12. The Bertz CT molecular complexity index is 1690. The van der Waals surface area contributed by atoms with Gasteiger partial charge in [0, 0.05) is 35.8 Å². The highest BCUT2D eigenvalue weighted by Gasteiger charge is 2.34. The number of halogens is 6. The van der Waals surface area contributed by atoms with Gasteiger partial charge in [-0.25, -0.2) is 8.78 Å². The van der Waals surface area contributed by atoms with E-state index in [1.807, 2.05) is 11.0 Å². The van der Waals surface area contributed by atoms with Crippen LogP contribution in [0.1, 0.15) is 15.9 Å². The number of carbonyl (C=O) groups is 1. The van der Waals surface area contributed by atoms with Crippen LogP contribution in [0.2, 0.25) is 5.02 Å². The SMILES string of the molecule is O=C(NN1CCOc2ccccc21)c1cnc2c(-c3cc(C(F)(F)F)cc(Cl)c3F)c(F)ccc2c1N1CCOCC1. The molecule has 218 valence electrons. The highest BCUT2D eigenvalue weighted by atomic mass is 35.5. The maximum Gasteiger partial charge on any atom is 0.416 e. The van der Waals surface area contributed by atoms with E-state index in [1.54, 1.807) is 23.2 Å². The van der Waals surface area contributed by atoms with Crippen LogP contribution in [0.25, 0.3) is 22.0 Å².